The predicted molar refractivity (Wildman–Crippen MR) is 112 cm³/mol. The first-order valence-corrected chi connectivity index (χ1v) is 10.6. The van der Waals surface area contributed by atoms with Gasteiger partial charge in [0, 0.05) is 32.0 Å². The fraction of sp³-hybridized carbons (Fsp3) is 0.524. The van der Waals surface area contributed by atoms with Crippen molar-refractivity contribution >= 4 is 17.4 Å². The Morgan fingerprint density at radius 1 is 1.38 bits per heavy atom. The number of nitrogens with zero attached hydrogens (tertiary/aromatic N) is 4. The maximum Gasteiger partial charge on any atom is 0.407 e. The lowest BCUT2D eigenvalue weighted by atomic mass is 9.95. The monoisotopic (exact) mass is 413 g/mol. The van der Waals surface area contributed by atoms with E-state index in [1.807, 2.05) is 39.0 Å². The molecule has 1 atom stereocenters. The molecular formula is C21H27N5O2S. The van der Waals surface area contributed by atoms with Crippen molar-refractivity contribution in [2.75, 3.05) is 19.6 Å². The van der Waals surface area contributed by atoms with E-state index in [2.05, 4.69) is 26.3 Å². The van der Waals surface area contributed by atoms with E-state index >= 15 is 0 Å². The van der Waals surface area contributed by atoms with Gasteiger partial charge in [0.15, 0.2) is 0 Å². The Kier molecular flexibility index (Phi) is 6.83. The molecule has 3 rings (SSSR count). The molecule has 7 nitrogen and oxygen atoms in total. The normalized spacial score (nSPS) is 16.8. The molecule has 8 heteroatoms. The van der Waals surface area contributed by atoms with Crippen LogP contribution in [0.4, 0.5) is 4.79 Å². The predicted octanol–water partition coefficient (Wildman–Crippen LogP) is 4.01. The highest BCUT2D eigenvalue weighted by Crippen LogP contribution is 2.32. The number of piperidine rings is 1. The maximum absolute atomic E-state index is 11.8. The Hall–Kier alpha value is -2.50. The molecule has 0 saturated carbocycles. The molecule has 29 heavy (non-hydrogen) atoms. The van der Waals surface area contributed by atoms with Gasteiger partial charge < -0.3 is 10.1 Å². The molecule has 2 aromatic rings. The molecule has 1 aliphatic rings. The smallest absolute Gasteiger partial charge is 0.407 e. The number of hydrogen-bond acceptors (Lipinski definition) is 7. The molecule has 1 unspecified atom stereocenters. The van der Waals surface area contributed by atoms with E-state index in [1.54, 1.807) is 12.4 Å². The van der Waals surface area contributed by atoms with Crippen LogP contribution in [0.5, 0.6) is 0 Å². The summed E-state index contributed by atoms with van der Waals surface area (Å²) in [5.74, 6) is 0.392. The highest BCUT2D eigenvalue weighted by molar-refractivity contribution is 7.15. The number of alkyl carbamates (subject to hydrolysis) is 1. The number of rotatable bonds is 5. The fourth-order valence-corrected chi connectivity index (χ4v) is 4.28. The van der Waals surface area contributed by atoms with Gasteiger partial charge in [-0.3, -0.25) is 9.88 Å². The summed E-state index contributed by atoms with van der Waals surface area (Å²) in [5, 5.41) is 13.5. The lowest BCUT2D eigenvalue weighted by Gasteiger charge is -2.34. The first kappa shape index (κ1) is 21.2. The number of amides is 1. The van der Waals surface area contributed by atoms with E-state index in [0.717, 1.165) is 41.5 Å². The number of nitriles is 1. The maximum atomic E-state index is 11.8. The van der Waals surface area contributed by atoms with E-state index in [9.17, 15) is 10.1 Å². The molecule has 1 N–H and O–H groups in total. The zero-order chi connectivity index (χ0) is 20.9. The van der Waals surface area contributed by atoms with Crippen molar-refractivity contribution in [2.45, 2.75) is 45.3 Å². The number of likely N-dealkylation sites (tertiary alicyclic amines) is 1. The zero-order valence-electron chi connectivity index (χ0n) is 17.1. The summed E-state index contributed by atoms with van der Waals surface area (Å²) < 4.78 is 5.29. The number of carbonyl (C=O) groups is 1. The largest absolute Gasteiger partial charge is 0.444 e. The number of aromatic nitrogens is 2. The quantitative estimate of drug-likeness (QED) is 0.796. The summed E-state index contributed by atoms with van der Waals surface area (Å²) >= 11 is 1.52. The number of carbonyl (C=O) groups excluding carboxylic acids is 1. The van der Waals surface area contributed by atoms with Crippen LogP contribution in [-0.2, 0) is 4.74 Å². The fourth-order valence-electron chi connectivity index (χ4n) is 3.30. The van der Waals surface area contributed by atoms with Crippen molar-refractivity contribution in [3.63, 3.8) is 0 Å². The van der Waals surface area contributed by atoms with Gasteiger partial charge in [-0.1, -0.05) is 6.07 Å². The highest BCUT2D eigenvalue weighted by Gasteiger charge is 2.28. The van der Waals surface area contributed by atoms with E-state index in [4.69, 9.17) is 4.74 Å². The lowest BCUT2D eigenvalue weighted by Crippen LogP contribution is -2.41. The minimum atomic E-state index is -0.490. The van der Waals surface area contributed by atoms with Crippen LogP contribution in [0.2, 0.25) is 0 Å². The molecule has 0 bridgehead atoms. The molecule has 1 amide bonds. The van der Waals surface area contributed by atoms with Gasteiger partial charge in [-0.2, -0.15) is 5.26 Å². The summed E-state index contributed by atoms with van der Waals surface area (Å²) in [4.78, 5) is 23.8. The van der Waals surface area contributed by atoms with E-state index in [1.165, 1.54) is 11.3 Å². The topological polar surface area (TPSA) is 91.1 Å². The molecule has 0 aliphatic carbocycles. The van der Waals surface area contributed by atoms with Gasteiger partial charge in [0.05, 0.1) is 16.6 Å². The SMILES string of the molecule is CC(C)(C)OC(=O)NCC1CCN(C(C#N)c2cnc(-c3ccccn3)s2)CC1. The standard InChI is InChI=1S/C21H27N5O2S/c1-21(2,3)28-20(27)25-13-15-7-10-26(11-8-15)17(12-22)18-14-24-19(29-18)16-6-4-5-9-23-16/h4-6,9,14-15,17H,7-8,10-11,13H2,1-3H3,(H,25,27). The summed E-state index contributed by atoms with van der Waals surface area (Å²) in [6.07, 6.45) is 5.02. The summed E-state index contributed by atoms with van der Waals surface area (Å²) in [6.45, 7) is 7.79. The van der Waals surface area contributed by atoms with E-state index < -0.39 is 5.60 Å². The van der Waals surface area contributed by atoms with Crippen molar-refractivity contribution in [1.82, 2.24) is 20.2 Å². The summed E-state index contributed by atoms with van der Waals surface area (Å²) in [7, 11) is 0. The number of ether oxygens (including phenoxy) is 1. The molecule has 1 fully saturated rings. The van der Waals surface area contributed by atoms with Gasteiger partial charge >= 0.3 is 6.09 Å². The van der Waals surface area contributed by atoms with Crippen LogP contribution < -0.4 is 5.32 Å². The van der Waals surface area contributed by atoms with Crippen molar-refractivity contribution in [3.05, 3.63) is 35.5 Å². The molecule has 3 heterocycles. The molecule has 154 valence electrons. The second kappa shape index (κ2) is 9.33. The second-order valence-electron chi connectivity index (χ2n) is 8.18. The van der Waals surface area contributed by atoms with Crippen LogP contribution in [0.3, 0.4) is 0 Å². The first-order chi connectivity index (χ1) is 13.9. The zero-order valence-corrected chi connectivity index (χ0v) is 17.9. The van der Waals surface area contributed by atoms with Crippen LogP contribution in [0, 0.1) is 17.2 Å². The molecule has 0 spiro atoms. The number of pyridine rings is 1. The average molecular weight is 414 g/mol. The third kappa shape index (κ3) is 5.99. The van der Waals surface area contributed by atoms with Crippen LogP contribution in [-0.4, -0.2) is 46.2 Å². The van der Waals surface area contributed by atoms with Gasteiger partial charge in [0.2, 0.25) is 0 Å². The second-order valence-corrected chi connectivity index (χ2v) is 9.24. The number of hydrogen-bond donors (Lipinski definition) is 1. The van der Waals surface area contributed by atoms with Gasteiger partial charge in [0.1, 0.15) is 16.7 Å². The molecule has 0 aromatic carbocycles. The molecule has 0 radical (unpaired) electrons. The highest BCUT2D eigenvalue weighted by atomic mass is 32.1. The van der Waals surface area contributed by atoms with Crippen molar-refractivity contribution < 1.29 is 9.53 Å². The minimum absolute atomic E-state index is 0.301. The third-order valence-corrected chi connectivity index (χ3v) is 5.82. The Morgan fingerprint density at radius 2 is 2.14 bits per heavy atom. The van der Waals surface area contributed by atoms with Crippen LogP contribution >= 0.6 is 11.3 Å². The van der Waals surface area contributed by atoms with Crippen molar-refractivity contribution in [2.24, 2.45) is 5.92 Å². The van der Waals surface area contributed by atoms with Gasteiger partial charge in [-0.05, 0) is 51.7 Å². The minimum Gasteiger partial charge on any atom is -0.444 e. The van der Waals surface area contributed by atoms with E-state index in [0.29, 0.717) is 12.5 Å². The Balaban J connectivity index is 1.52. The van der Waals surface area contributed by atoms with Crippen LogP contribution in [0.15, 0.2) is 30.6 Å². The first-order valence-electron chi connectivity index (χ1n) is 9.83. The van der Waals surface area contributed by atoms with Gasteiger partial charge in [-0.15, -0.1) is 11.3 Å². The van der Waals surface area contributed by atoms with Gasteiger partial charge in [-0.25, -0.2) is 9.78 Å². The van der Waals surface area contributed by atoms with Crippen LogP contribution in [0.1, 0.15) is 44.5 Å². The molecular weight excluding hydrogens is 386 g/mol. The number of thiazole rings is 1. The van der Waals surface area contributed by atoms with Gasteiger partial charge in [0.25, 0.3) is 0 Å². The Morgan fingerprint density at radius 3 is 2.76 bits per heavy atom. The average Bonchev–Trinajstić information content (AvgIpc) is 3.17. The summed E-state index contributed by atoms with van der Waals surface area (Å²) in [6, 6.07) is 7.86. The number of nitrogens with one attached hydrogen (secondary N) is 1. The summed E-state index contributed by atoms with van der Waals surface area (Å²) in [5.41, 5.74) is 0.337. The van der Waals surface area contributed by atoms with Crippen LogP contribution in [0.25, 0.3) is 10.7 Å². The van der Waals surface area contributed by atoms with E-state index in [-0.39, 0.29) is 12.1 Å². The molecule has 1 aliphatic heterocycles. The molecule has 2 aromatic heterocycles. The lowest BCUT2D eigenvalue weighted by molar-refractivity contribution is 0.0508. The Labute approximate surface area is 175 Å². The third-order valence-electron chi connectivity index (χ3n) is 4.75. The van der Waals surface area contributed by atoms with Crippen molar-refractivity contribution in [1.29, 1.82) is 5.26 Å². The van der Waals surface area contributed by atoms with Crippen molar-refractivity contribution in [3.8, 4) is 16.8 Å². The Bertz CT molecular complexity index is 848. The molecule has 1 saturated heterocycles.